The summed E-state index contributed by atoms with van der Waals surface area (Å²) in [6.45, 7) is 7.02. The van der Waals surface area contributed by atoms with Crippen LogP contribution in [0.4, 0.5) is 10.2 Å². The maximum atomic E-state index is 14.6. The van der Waals surface area contributed by atoms with Crippen LogP contribution in [0.2, 0.25) is 0 Å². The SMILES string of the molecule is [B]C(O)(O)n1cc(-c2cc3cc(NC(=C)CN4CCCCC4)ncc3cc2F)cn1. The zero-order valence-corrected chi connectivity index (χ0v) is 16.6. The van der Waals surface area contributed by atoms with Crippen LogP contribution in [0.3, 0.4) is 0 Å². The van der Waals surface area contributed by atoms with Crippen molar-refractivity contribution in [2.45, 2.75) is 25.1 Å². The van der Waals surface area contributed by atoms with E-state index in [-0.39, 0.29) is 5.56 Å². The molecule has 4 rings (SSSR count). The average Bonchev–Trinajstić information content (AvgIpc) is 3.19. The number of halogens is 1. The maximum Gasteiger partial charge on any atom is 0.208 e. The molecule has 0 aliphatic carbocycles. The van der Waals surface area contributed by atoms with Gasteiger partial charge in [-0.2, -0.15) is 5.10 Å². The Balaban J connectivity index is 1.56. The van der Waals surface area contributed by atoms with Gasteiger partial charge in [-0.1, -0.05) is 13.0 Å². The second-order valence-electron chi connectivity index (χ2n) is 7.67. The number of anilines is 1. The summed E-state index contributed by atoms with van der Waals surface area (Å²) in [6, 6.07) is 4.88. The van der Waals surface area contributed by atoms with Crippen molar-refractivity contribution < 1.29 is 14.6 Å². The Morgan fingerprint density at radius 2 is 1.93 bits per heavy atom. The lowest BCUT2D eigenvalue weighted by Gasteiger charge is -2.27. The molecule has 0 saturated carbocycles. The Morgan fingerprint density at radius 3 is 2.63 bits per heavy atom. The molecular weight excluding hydrogens is 384 g/mol. The number of pyridine rings is 1. The Kier molecular flexibility index (Phi) is 5.59. The van der Waals surface area contributed by atoms with E-state index < -0.39 is 11.6 Å². The van der Waals surface area contributed by atoms with Gasteiger partial charge in [-0.15, -0.1) is 0 Å². The summed E-state index contributed by atoms with van der Waals surface area (Å²) in [4.78, 5) is 6.73. The summed E-state index contributed by atoms with van der Waals surface area (Å²) in [7, 11) is 5.20. The molecule has 7 nitrogen and oxygen atoms in total. The van der Waals surface area contributed by atoms with Gasteiger partial charge < -0.3 is 15.5 Å². The van der Waals surface area contributed by atoms with Crippen molar-refractivity contribution in [3.8, 4) is 11.1 Å². The Hall–Kier alpha value is -2.75. The maximum absolute atomic E-state index is 14.6. The second-order valence-corrected chi connectivity index (χ2v) is 7.67. The van der Waals surface area contributed by atoms with E-state index in [2.05, 4.69) is 26.9 Å². The molecule has 3 N–H and O–H groups in total. The molecule has 0 bridgehead atoms. The predicted molar refractivity (Wildman–Crippen MR) is 114 cm³/mol. The highest BCUT2D eigenvalue weighted by atomic mass is 19.1. The number of hydrogen-bond donors (Lipinski definition) is 3. The summed E-state index contributed by atoms with van der Waals surface area (Å²) >= 11 is 0. The van der Waals surface area contributed by atoms with E-state index in [0.717, 1.165) is 35.4 Å². The molecule has 1 aliphatic heterocycles. The number of likely N-dealkylation sites (tertiary alicyclic amines) is 1. The van der Waals surface area contributed by atoms with Crippen LogP contribution < -0.4 is 5.32 Å². The van der Waals surface area contributed by atoms with Crippen molar-refractivity contribution in [2.24, 2.45) is 0 Å². The van der Waals surface area contributed by atoms with E-state index in [1.165, 1.54) is 37.7 Å². The minimum Gasteiger partial charge on any atom is -0.356 e. The molecule has 1 saturated heterocycles. The third-order valence-corrected chi connectivity index (χ3v) is 5.21. The van der Waals surface area contributed by atoms with Gasteiger partial charge in [0.15, 0.2) is 7.85 Å². The highest BCUT2D eigenvalue weighted by Gasteiger charge is 2.19. The van der Waals surface area contributed by atoms with E-state index in [1.807, 2.05) is 6.07 Å². The van der Waals surface area contributed by atoms with E-state index in [9.17, 15) is 14.6 Å². The lowest BCUT2D eigenvalue weighted by molar-refractivity contribution is -0.160. The van der Waals surface area contributed by atoms with E-state index >= 15 is 0 Å². The minimum atomic E-state index is -2.65. The number of benzene rings is 1. The molecule has 154 valence electrons. The molecule has 0 amide bonds. The Bertz CT molecular complexity index is 1070. The molecule has 1 aliphatic rings. The molecule has 1 aromatic carbocycles. The zero-order chi connectivity index (χ0) is 21.3. The molecular formula is C21H23BFN5O2. The average molecular weight is 407 g/mol. The van der Waals surface area contributed by atoms with Crippen LogP contribution in [0.5, 0.6) is 0 Å². The van der Waals surface area contributed by atoms with Gasteiger partial charge in [-0.05, 0) is 49.5 Å². The van der Waals surface area contributed by atoms with Gasteiger partial charge >= 0.3 is 0 Å². The van der Waals surface area contributed by atoms with Crippen molar-refractivity contribution >= 4 is 24.4 Å². The number of aromatic nitrogens is 3. The third kappa shape index (κ3) is 4.53. The number of fused-ring (bicyclic) bond motifs is 1. The van der Waals surface area contributed by atoms with Crippen LogP contribution >= 0.6 is 0 Å². The molecule has 1 fully saturated rings. The number of nitrogens with zero attached hydrogens (tertiary/aromatic N) is 4. The number of piperidine rings is 1. The molecule has 0 unspecified atom stereocenters. The minimum absolute atomic E-state index is 0.266. The largest absolute Gasteiger partial charge is 0.356 e. The van der Waals surface area contributed by atoms with Crippen molar-refractivity contribution in [3.63, 3.8) is 0 Å². The Morgan fingerprint density at radius 1 is 1.17 bits per heavy atom. The summed E-state index contributed by atoms with van der Waals surface area (Å²) < 4.78 is 15.4. The first kappa shape index (κ1) is 20.5. The monoisotopic (exact) mass is 407 g/mol. The summed E-state index contributed by atoms with van der Waals surface area (Å²) in [6.07, 6.45) is 7.90. The molecule has 3 heterocycles. The van der Waals surface area contributed by atoms with Crippen LogP contribution in [0.15, 0.2) is 49.1 Å². The topological polar surface area (TPSA) is 86.4 Å². The fourth-order valence-corrected chi connectivity index (χ4v) is 3.71. The van der Waals surface area contributed by atoms with Crippen LogP contribution in [-0.4, -0.2) is 57.4 Å². The fourth-order valence-electron chi connectivity index (χ4n) is 3.71. The quantitative estimate of drug-likeness (QED) is 0.430. The van der Waals surface area contributed by atoms with Crippen molar-refractivity contribution in [2.75, 3.05) is 25.0 Å². The van der Waals surface area contributed by atoms with Gasteiger partial charge in [-0.25, -0.2) is 14.1 Å². The number of rotatable bonds is 6. The van der Waals surface area contributed by atoms with Crippen LogP contribution in [0, 0.1) is 5.82 Å². The zero-order valence-electron chi connectivity index (χ0n) is 16.6. The smallest absolute Gasteiger partial charge is 0.208 e. The standard InChI is InChI=1S/C21H23BFN5O2/c1-14(12-27-5-3-2-4-6-27)26-20-9-15-7-18(19(23)8-16(15)10-24-20)17-11-25-28(13-17)21(22,29)30/h7-11,13,29-30H,1-6,12H2,(H,24,26). The van der Waals surface area contributed by atoms with Crippen LogP contribution in [-0.2, 0) is 5.81 Å². The number of hydrogen-bond acceptors (Lipinski definition) is 6. The van der Waals surface area contributed by atoms with Crippen molar-refractivity contribution in [3.05, 3.63) is 54.9 Å². The van der Waals surface area contributed by atoms with Crippen molar-refractivity contribution in [1.82, 2.24) is 19.7 Å². The third-order valence-electron chi connectivity index (χ3n) is 5.21. The lowest BCUT2D eigenvalue weighted by Crippen LogP contribution is -2.33. The van der Waals surface area contributed by atoms with Gasteiger partial charge in [0, 0.05) is 41.1 Å². The molecule has 30 heavy (non-hydrogen) atoms. The number of aliphatic hydroxyl groups is 2. The van der Waals surface area contributed by atoms with Crippen molar-refractivity contribution in [1.29, 1.82) is 0 Å². The highest BCUT2D eigenvalue weighted by Crippen LogP contribution is 2.29. The summed E-state index contributed by atoms with van der Waals surface area (Å²) in [5, 5.41) is 27.3. The number of nitrogens with one attached hydrogen (secondary N) is 1. The normalized spacial score (nSPS) is 15.4. The van der Waals surface area contributed by atoms with Gasteiger partial charge in [0.05, 0.1) is 6.20 Å². The summed E-state index contributed by atoms with van der Waals surface area (Å²) in [5.41, 5.74) is 1.49. The van der Waals surface area contributed by atoms with Gasteiger partial charge in [0.1, 0.15) is 11.6 Å². The lowest BCUT2D eigenvalue weighted by atomic mass is 10.0. The molecule has 9 heteroatoms. The molecule has 2 aromatic heterocycles. The van der Waals surface area contributed by atoms with E-state index in [4.69, 9.17) is 7.85 Å². The fraction of sp³-hybridized carbons (Fsp3) is 0.333. The van der Waals surface area contributed by atoms with Gasteiger partial charge in [-0.3, -0.25) is 4.90 Å². The molecule has 0 spiro atoms. The van der Waals surface area contributed by atoms with Gasteiger partial charge in [0.2, 0.25) is 5.81 Å². The first-order valence-corrected chi connectivity index (χ1v) is 9.85. The first-order valence-electron chi connectivity index (χ1n) is 9.85. The predicted octanol–water partition coefficient (Wildman–Crippen LogP) is 2.37. The molecule has 0 atom stereocenters. The molecule has 2 radical (unpaired) electrons. The highest BCUT2D eigenvalue weighted by molar-refractivity contribution is 6.11. The van der Waals surface area contributed by atoms with Crippen LogP contribution in [0.1, 0.15) is 19.3 Å². The second kappa shape index (κ2) is 8.18. The van der Waals surface area contributed by atoms with E-state index in [1.54, 1.807) is 12.3 Å². The van der Waals surface area contributed by atoms with E-state index in [0.29, 0.717) is 16.8 Å². The van der Waals surface area contributed by atoms with Crippen LogP contribution in [0.25, 0.3) is 21.9 Å². The Labute approximate surface area is 175 Å². The first-order chi connectivity index (χ1) is 14.3. The molecule has 3 aromatic rings. The summed E-state index contributed by atoms with van der Waals surface area (Å²) in [5.74, 6) is -2.50. The van der Waals surface area contributed by atoms with Gasteiger partial charge in [0.25, 0.3) is 0 Å².